The van der Waals surface area contributed by atoms with Crippen molar-refractivity contribution in [3.63, 3.8) is 0 Å². The molecule has 0 spiro atoms. The maximum atomic E-state index is 14.5. The van der Waals surface area contributed by atoms with Crippen LogP contribution in [0.4, 0.5) is 4.39 Å². The highest BCUT2D eigenvalue weighted by atomic mass is 19.1. The van der Waals surface area contributed by atoms with E-state index in [-0.39, 0.29) is 18.4 Å². The van der Waals surface area contributed by atoms with Crippen molar-refractivity contribution in [1.82, 2.24) is 9.88 Å². The molecule has 1 aliphatic heterocycles. The zero-order chi connectivity index (χ0) is 14.3. The highest BCUT2D eigenvalue weighted by molar-refractivity contribution is 5.87. The zero-order valence-electron chi connectivity index (χ0n) is 12.0. The average molecular weight is 278 g/mol. The van der Waals surface area contributed by atoms with Crippen molar-refractivity contribution in [2.24, 2.45) is 0 Å². The second kappa shape index (κ2) is 4.98. The number of rotatable bonds is 4. The molecule has 2 aromatic rings. The Morgan fingerprint density at radius 3 is 2.95 bits per heavy atom. The lowest BCUT2D eigenvalue weighted by Gasteiger charge is -2.20. The van der Waals surface area contributed by atoms with Crippen LogP contribution in [0, 0.1) is 5.82 Å². The van der Waals surface area contributed by atoms with Crippen LogP contribution in [0.15, 0.2) is 12.3 Å². The minimum absolute atomic E-state index is 0.0876. The molecule has 108 valence electrons. The Labute approximate surface area is 117 Å². The first-order valence-electron chi connectivity index (χ1n) is 6.86. The fourth-order valence-electron chi connectivity index (χ4n) is 2.42. The van der Waals surface area contributed by atoms with Crippen molar-refractivity contribution in [3.05, 3.63) is 23.6 Å². The van der Waals surface area contributed by atoms with E-state index < -0.39 is 0 Å². The number of fused-ring (bicyclic) bond motifs is 2. The lowest BCUT2D eigenvalue weighted by Crippen LogP contribution is -2.28. The minimum Gasteiger partial charge on any atom is -0.453 e. The number of H-pyrrole nitrogens is 1. The summed E-state index contributed by atoms with van der Waals surface area (Å²) >= 11 is 0. The monoisotopic (exact) mass is 278 g/mol. The summed E-state index contributed by atoms with van der Waals surface area (Å²) in [6.45, 7) is 5.27. The third-order valence-electron chi connectivity index (χ3n) is 3.94. The quantitative estimate of drug-likeness (QED) is 0.934. The maximum absolute atomic E-state index is 14.5. The SMILES string of the molecule is CC(C)N(C)CCc1c[nH]c2cc3c(c(F)c12)OCO3. The molecule has 0 saturated carbocycles. The van der Waals surface area contributed by atoms with Gasteiger partial charge in [0, 0.05) is 30.2 Å². The molecule has 3 rings (SSSR count). The molecule has 0 saturated heterocycles. The van der Waals surface area contributed by atoms with Gasteiger partial charge in [0.2, 0.25) is 12.5 Å². The highest BCUT2D eigenvalue weighted by Gasteiger charge is 2.23. The number of aromatic amines is 1. The molecule has 1 aliphatic rings. The molecule has 0 bridgehead atoms. The summed E-state index contributed by atoms with van der Waals surface area (Å²) < 4.78 is 24.9. The van der Waals surface area contributed by atoms with Crippen LogP contribution in [0.5, 0.6) is 11.5 Å². The van der Waals surface area contributed by atoms with Crippen LogP contribution in [-0.4, -0.2) is 36.3 Å². The molecule has 4 nitrogen and oxygen atoms in total. The molecule has 0 fully saturated rings. The number of benzene rings is 1. The van der Waals surface area contributed by atoms with E-state index in [9.17, 15) is 4.39 Å². The molecule has 0 atom stereocenters. The Bertz CT molecular complexity index is 636. The number of hydrogen-bond acceptors (Lipinski definition) is 3. The van der Waals surface area contributed by atoms with Crippen LogP contribution in [-0.2, 0) is 6.42 Å². The highest BCUT2D eigenvalue weighted by Crippen LogP contribution is 2.40. The van der Waals surface area contributed by atoms with Crippen molar-refractivity contribution in [2.75, 3.05) is 20.4 Å². The number of likely N-dealkylation sites (N-methyl/N-ethyl adjacent to an activating group) is 1. The van der Waals surface area contributed by atoms with E-state index in [4.69, 9.17) is 9.47 Å². The minimum atomic E-state index is -0.321. The molecule has 2 heterocycles. The molecular formula is C15H19FN2O2. The van der Waals surface area contributed by atoms with Gasteiger partial charge in [0.15, 0.2) is 11.6 Å². The van der Waals surface area contributed by atoms with E-state index in [2.05, 4.69) is 30.8 Å². The molecule has 1 aromatic heterocycles. The Morgan fingerprint density at radius 2 is 2.20 bits per heavy atom. The first-order valence-corrected chi connectivity index (χ1v) is 6.86. The zero-order valence-corrected chi connectivity index (χ0v) is 12.0. The van der Waals surface area contributed by atoms with Crippen molar-refractivity contribution in [2.45, 2.75) is 26.3 Å². The number of halogens is 1. The van der Waals surface area contributed by atoms with Crippen LogP contribution < -0.4 is 9.47 Å². The summed E-state index contributed by atoms with van der Waals surface area (Å²) in [6.07, 6.45) is 2.67. The van der Waals surface area contributed by atoms with Crippen LogP contribution in [0.1, 0.15) is 19.4 Å². The van der Waals surface area contributed by atoms with Gasteiger partial charge >= 0.3 is 0 Å². The molecule has 0 amide bonds. The largest absolute Gasteiger partial charge is 0.453 e. The fraction of sp³-hybridized carbons (Fsp3) is 0.467. The van der Waals surface area contributed by atoms with Crippen LogP contribution in [0.3, 0.4) is 0 Å². The standard InChI is InChI=1S/C15H19FN2O2/c1-9(2)18(3)5-4-10-7-17-11-6-12-15(20-8-19-12)14(16)13(10)11/h6-7,9,17H,4-5,8H2,1-3H3. The van der Waals surface area contributed by atoms with Crippen LogP contribution in [0.2, 0.25) is 0 Å². The molecule has 0 radical (unpaired) electrons. The summed E-state index contributed by atoms with van der Waals surface area (Å²) in [6, 6.07) is 2.28. The number of nitrogens with zero attached hydrogens (tertiary/aromatic N) is 1. The molecule has 5 heteroatoms. The number of nitrogens with one attached hydrogen (secondary N) is 1. The van der Waals surface area contributed by atoms with Gasteiger partial charge in [-0.05, 0) is 32.9 Å². The van der Waals surface area contributed by atoms with Gasteiger partial charge in [-0.1, -0.05) is 0 Å². The summed E-state index contributed by atoms with van der Waals surface area (Å²) in [4.78, 5) is 5.36. The third-order valence-corrected chi connectivity index (χ3v) is 3.94. The topological polar surface area (TPSA) is 37.5 Å². The average Bonchev–Trinajstić information content (AvgIpc) is 3.02. The van der Waals surface area contributed by atoms with Crippen molar-refractivity contribution < 1.29 is 13.9 Å². The first kappa shape index (κ1) is 13.2. The molecule has 1 aromatic carbocycles. The Hall–Kier alpha value is -1.75. The predicted molar refractivity (Wildman–Crippen MR) is 75.8 cm³/mol. The summed E-state index contributed by atoms with van der Waals surface area (Å²) in [5.41, 5.74) is 1.73. The molecular weight excluding hydrogens is 259 g/mol. The summed E-state index contributed by atoms with van der Waals surface area (Å²) in [5.74, 6) is 0.386. The van der Waals surface area contributed by atoms with Gasteiger partial charge in [0.1, 0.15) is 0 Å². The first-order chi connectivity index (χ1) is 9.58. The summed E-state index contributed by atoms with van der Waals surface area (Å²) in [7, 11) is 2.07. The Morgan fingerprint density at radius 1 is 1.40 bits per heavy atom. The van der Waals surface area contributed by atoms with Gasteiger partial charge in [-0.15, -0.1) is 0 Å². The van der Waals surface area contributed by atoms with E-state index in [1.807, 2.05) is 6.20 Å². The number of aromatic nitrogens is 1. The molecule has 0 unspecified atom stereocenters. The van der Waals surface area contributed by atoms with Crippen LogP contribution >= 0.6 is 0 Å². The number of ether oxygens (including phenoxy) is 2. The Kier molecular flexibility index (Phi) is 3.30. The molecule has 1 N–H and O–H groups in total. The summed E-state index contributed by atoms with van der Waals surface area (Å²) in [5, 5.41) is 0.617. The number of hydrogen-bond donors (Lipinski definition) is 1. The van der Waals surface area contributed by atoms with E-state index in [0.717, 1.165) is 24.0 Å². The normalized spacial score (nSPS) is 13.9. The molecule has 20 heavy (non-hydrogen) atoms. The van der Waals surface area contributed by atoms with Gasteiger partial charge in [0.05, 0.1) is 5.52 Å². The van der Waals surface area contributed by atoms with Crippen molar-refractivity contribution in [1.29, 1.82) is 0 Å². The van der Waals surface area contributed by atoms with Gasteiger partial charge in [-0.25, -0.2) is 4.39 Å². The smallest absolute Gasteiger partial charge is 0.231 e. The van der Waals surface area contributed by atoms with E-state index in [1.165, 1.54) is 0 Å². The lowest BCUT2D eigenvalue weighted by atomic mass is 10.1. The van der Waals surface area contributed by atoms with Crippen molar-refractivity contribution >= 4 is 10.9 Å². The van der Waals surface area contributed by atoms with Gasteiger partial charge in [0.25, 0.3) is 0 Å². The van der Waals surface area contributed by atoms with Gasteiger partial charge in [-0.2, -0.15) is 0 Å². The fourth-order valence-corrected chi connectivity index (χ4v) is 2.42. The van der Waals surface area contributed by atoms with E-state index in [1.54, 1.807) is 6.07 Å². The van der Waals surface area contributed by atoms with Crippen molar-refractivity contribution in [3.8, 4) is 11.5 Å². The Balaban J connectivity index is 1.93. The van der Waals surface area contributed by atoms with Gasteiger partial charge in [-0.3, -0.25) is 0 Å². The third kappa shape index (κ3) is 2.12. The maximum Gasteiger partial charge on any atom is 0.231 e. The van der Waals surface area contributed by atoms with Gasteiger partial charge < -0.3 is 19.4 Å². The second-order valence-electron chi connectivity index (χ2n) is 5.49. The molecule has 0 aliphatic carbocycles. The van der Waals surface area contributed by atoms with E-state index in [0.29, 0.717) is 17.2 Å². The second-order valence-corrected chi connectivity index (χ2v) is 5.49. The van der Waals surface area contributed by atoms with E-state index >= 15 is 0 Å². The lowest BCUT2D eigenvalue weighted by molar-refractivity contribution is 0.171. The van der Waals surface area contributed by atoms with Crippen LogP contribution in [0.25, 0.3) is 10.9 Å². The predicted octanol–water partition coefficient (Wildman–Crippen LogP) is 2.92.